The van der Waals surface area contributed by atoms with Crippen LogP contribution in [0.4, 0.5) is 13.2 Å². The van der Waals surface area contributed by atoms with Crippen LogP contribution in [0.5, 0.6) is 0 Å². The number of alkyl halides is 3. The molecule has 0 N–H and O–H groups in total. The average Bonchev–Trinajstić information content (AvgIpc) is 2.69. The van der Waals surface area contributed by atoms with Gasteiger partial charge in [0, 0.05) is 11.9 Å². The minimum Gasteiger partial charge on any atom is -0.309 e. The summed E-state index contributed by atoms with van der Waals surface area (Å²) < 4.78 is 39.7. The summed E-state index contributed by atoms with van der Waals surface area (Å²) in [7, 11) is 1.76. The molecule has 1 heterocycles. The van der Waals surface area contributed by atoms with Gasteiger partial charge >= 0.3 is 6.18 Å². The van der Waals surface area contributed by atoms with Crippen molar-refractivity contribution in [2.24, 2.45) is 7.05 Å². The smallest absolute Gasteiger partial charge is 0.309 e. The van der Waals surface area contributed by atoms with Crippen LogP contribution in [0.25, 0.3) is 0 Å². The summed E-state index contributed by atoms with van der Waals surface area (Å²) in [5, 5.41) is 17.2. The summed E-state index contributed by atoms with van der Waals surface area (Å²) in [4.78, 5) is 0.505. The minimum absolute atomic E-state index is 0.401. The Bertz CT molecular complexity index is 685. The zero-order valence-electron chi connectivity index (χ0n) is 10.6. The molecule has 104 valence electrons. The van der Waals surface area contributed by atoms with E-state index in [-0.39, 0.29) is 0 Å². The Morgan fingerprint density at radius 3 is 2.50 bits per heavy atom. The third-order valence-corrected chi connectivity index (χ3v) is 3.71. The van der Waals surface area contributed by atoms with Crippen LogP contribution in [0.3, 0.4) is 0 Å². The van der Waals surface area contributed by atoms with Gasteiger partial charge < -0.3 is 4.57 Å². The van der Waals surface area contributed by atoms with Gasteiger partial charge in [-0.3, -0.25) is 0 Å². The Morgan fingerprint density at radius 2 is 2.00 bits per heavy atom. The van der Waals surface area contributed by atoms with Gasteiger partial charge in [0.1, 0.15) is 5.82 Å². The van der Waals surface area contributed by atoms with Crippen molar-refractivity contribution in [1.29, 1.82) is 5.26 Å². The van der Waals surface area contributed by atoms with Gasteiger partial charge in [0.25, 0.3) is 0 Å². The standard InChI is InChI=1S/C12H9F3N4S/c1-7-17-18-11(19(7)2)20-9-3-4-10(12(13,14)15)8(5-9)6-16/h3-5H,1-2H3. The molecular weight excluding hydrogens is 289 g/mol. The summed E-state index contributed by atoms with van der Waals surface area (Å²) in [5.41, 5.74) is -1.33. The van der Waals surface area contributed by atoms with E-state index >= 15 is 0 Å². The molecule has 0 fully saturated rings. The molecule has 0 bridgehead atoms. The number of hydrogen-bond donors (Lipinski definition) is 0. The molecule has 0 unspecified atom stereocenters. The monoisotopic (exact) mass is 298 g/mol. The van der Waals surface area contributed by atoms with E-state index in [9.17, 15) is 13.2 Å². The fourth-order valence-electron chi connectivity index (χ4n) is 1.51. The van der Waals surface area contributed by atoms with Crippen LogP contribution in [0, 0.1) is 18.3 Å². The van der Waals surface area contributed by atoms with Gasteiger partial charge in [0.15, 0.2) is 5.16 Å². The van der Waals surface area contributed by atoms with Crippen molar-refractivity contribution in [3.05, 3.63) is 35.2 Å². The molecule has 2 aromatic rings. The van der Waals surface area contributed by atoms with Gasteiger partial charge in [-0.2, -0.15) is 18.4 Å². The van der Waals surface area contributed by atoms with Gasteiger partial charge in [-0.15, -0.1) is 10.2 Å². The van der Waals surface area contributed by atoms with Crippen molar-refractivity contribution in [2.75, 3.05) is 0 Å². The van der Waals surface area contributed by atoms with Crippen molar-refractivity contribution in [3.63, 3.8) is 0 Å². The molecule has 4 nitrogen and oxygen atoms in total. The van der Waals surface area contributed by atoms with Crippen LogP contribution < -0.4 is 0 Å². The van der Waals surface area contributed by atoms with E-state index in [2.05, 4.69) is 10.2 Å². The van der Waals surface area contributed by atoms with E-state index in [0.717, 1.165) is 17.8 Å². The van der Waals surface area contributed by atoms with Crippen molar-refractivity contribution in [3.8, 4) is 6.07 Å². The number of benzene rings is 1. The second kappa shape index (κ2) is 5.17. The maximum Gasteiger partial charge on any atom is 0.417 e. The zero-order chi connectivity index (χ0) is 14.9. The Labute approximate surface area is 117 Å². The van der Waals surface area contributed by atoms with Crippen LogP contribution in [-0.2, 0) is 13.2 Å². The molecule has 2 rings (SSSR count). The highest BCUT2D eigenvalue weighted by Gasteiger charge is 2.33. The lowest BCUT2D eigenvalue weighted by Gasteiger charge is -2.09. The molecule has 0 radical (unpaired) electrons. The number of halogens is 3. The molecule has 0 saturated heterocycles. The fourth-order valence-corrected chi connectivity index (χ4v) is 2.38. The van der Waals surface area contributed by atoms with Crippen LogP contribution in [-0.4, -0.2) is 14.8 Å². The summed E-state index contributed by atoms with van der Waals surface area (Å²) in [5.74, 6) is 0.694. The highest BCUT2D eigenvalue weighted by Crippen LogP contribution is 2.35. The van der Waals surface area contributed by atoms with Crippen molar-refractivity contribution in [2.45, 2.75) is 23.2 Å². The van der Waals surface area contributed by atoms with Gasteiger partial charge in [-0.05, 0) is 36.9 Å². The van der Waals surface area contributed by atoms with Crippen LogP contribution >= 0.6 is 11.8 Å². The van der Waals surface area contributed by atoms with E-state index in [1.807, 2.05) is 0 Å². The number of rotatable bonds is 2. The molecule has 20 heavy (non-hydrogen) atoms. The second-order valence-electron chi connectivity index (χ2n) is 4.01. The first kappa shape index (κ1) is 14.4. The second-order valence-corrected chi connectivity index (χ2v) is 5.05. The number of nitriles is 1. The SMILES string of the molecule is Cc1nnc(Sc2ccc(C(F)(F)F)c(C#N)c2)n1C. The molecule has 0 aliphatic carbocycles. The fraction of sp³-hybridized carbons (Fsp3) is 0.250. The van der Waals surface area contributed by atoms with E-state index in [4.69, 9.17) is 5.26 Å². The lowest BCUT2D eigenvalue weighted by Crippen LogP contribution is -2.07. The third kappa shape index (κ3) is 2.77. The number of aryl methyl sites for hydroxylation is 1. The lowest BCUT2D eigenvalue weighted by atomic mass is 10.1. The minimum atomic E-state index is -4.53. The zero-order valence-corrected chi connectivity index (χ0v) is 11.4. The van der Waals surface area contributed by atoms with Gasteiger partial charge in [-0.25, -0.2) is 0 Å². The van der Waals surface area contributed by atoms with E-state index in [0.29, 0.717) is 15.9 Å². The normalized spacial score (nSPS) is 11.4. The molecule has 0 atom stereocenters. The first-order chi connectivity index (χ1) is 9.32. The Morgan fingerprint density at radius 1 is 1.30 bits per heavy atom. The average molecular weight is 298 g/mol. The topological polar surface area (TPSA) is 54.5 Å². The number of nitrogens with zero attached hydrogens (tertiary/aromatic N) is 4. The van der Waals surface area contributed by atoms with Gasteiger partial charge in [0.05, 0.1) is 17.2 Å². The predicted octanol–water partition coefficient (Wildman–Crippen LogP) is 3.17. The molecule has 0 aliphatic rings. The molecule has 1 aromatic carbocycles. The third-order valence-electron chi connectivity index (χ3n) is 2.68. The maximum atomic E-state index is 12.7. The van der Waals surface area contributed by atoms with Gasteiger partial charge in [-0.1, -0.05) is 0 Å². The first-order valence-corrected chi connectivity index (χ1v) is 6.29. The highest BCUT2D eigenvalue weighted by atomic mass is 32.2. The highest BCUT2D eigenvalue weighted by molar-refractivity contribution is 7.99. The maximum absolute atomic E-state index is 12.7. The molecule has 0 spiro atoms. The molecule has 0 saturated carbocycles. The van der Waals surface area contributed by atoms with E-state index in [1.54, 1.807) is 24.6 Å². The number of hydrogen-bond acceptors (Lipinski definition) is 4. The van der Waals surface area contributed by atoms with Crippen LogP contribution in [0.1, 0.15) is 17.0 Å². The van der Waals surface area contributed by atoms with Crippen molar-refractivity contribution < 1.29 is 13.2 Å². The number of aromatic nitrogens is 3. The van der Waals surface area contributed by atoms with E-state index < -0.39 is 17.3 Å². The Balaban J connectivity index is 2.36. The molecular formula is C12H9F3N4S. The van der Waals surface area contributed by atoms with Crippen molar-refractivity contribution >= 4 is 11.8 Å². The summed E-state index contributed by atoms with van der Waals surface area (Å²) >= 11 is 1.15. The lowest BCUT2D eigenvalue weighted by molar-refractivity contribution is -0.137. The molecule has 1 aromatic heterocycles. The molecule has 0 aliphatic heterocycles. The Hall–Kier alpha value is -2.01. The summed E-state index contributed by atoms with van der Waals surface area (Å²) in [6.45, 7) is 1.77. The quantitative estimate of drug-likeness (QED) is 0.854. The predicted molar refractivity (Wildman–Crippen MR) is 66.0 cm³/mol. The molecule has 0 amide bonds. The summed E-state index contributed by atoms with van der Waals surface area (Å²) in [6, 6.07) is 5.00. The largest absolute Gasteiger partial charge is 0.417 e. The van der Waals surface area contributed by atoms with Crippen LogP contribution in [0.15, 0.2) is 28.3 Å². The Kier molecular flexibility index (Phi) is 3.72. The van der Waals surface area contributed by atoms with E-state index in [1.165, 1.54) is 12.1 Å². The van der Waals surface area contributed by atoms with Crippen molar-refractivity contribution in [1.82, 2.24) is 14.8 Å². The first-order valence-electron chi connectivity index (χ1n) is 5.48. The summed E-state index contributed by atoms with van der Waals surface area (Å²) in [6.07, 6.45) is -4.53. The molecule has 8 heteroatoms. The van der Waals surface area contributed by atoms with Crippen LogP contribution in [0.2, 0.25) is 0 Å². The van der Waals surface area contributed by atoms with Gasteiger partial charge in [0.2, 0.25) is 0 Å².